The van der Waals surface area contributed by atoms with Crippen LogP contribution in [0.25, 0.3) is 0 Å². The van der Waals surface area contributed by atoms with Crippen LogP contribution in [0.5, 0.6) is 0 Å². The number of hydrogen-bond donors (Lipinski definition) is 1. The lowest BCUT2D eigenvalue weighted by molar-refractivity contribution is 0.204. The second-order valence-electron chi connectivity index (χ2n) is 5.96. The zero-order chi connectivity index (χ0) is 14.3. The van der Waals surface area contributed by atoms with Gasteiger partial charge in [0.2, 0.25) is 10.0 Å². The molecule has 1 aromatic rings. The third kappa shape index (κ3) is 2.23. The van der Waals surface area contributed by atoms with E-state index in [1.807, 2.05) is 19.9 Å². The Hall–Kier alpha value is -1.07. The normalized spacial score (nSPS) is 27.1. The van der Waals surface area contributed by atoms with Crippen molar-refractivity contribution in [1.82, 2.24) is 4.31 Å². The van der Waals surface area contributed by atoms with E-state index < -0.39 is 10.0 Å². The van der Waals surface area contributed by atoms with E-state index in [9.17, 15) is 8.42 Å². The van der Waals surface area contributed by atoms with E-state index in [2.05, 4.69) is 5.32 Å². The number of piperidine rings is 1. The predicted octanol–water partition coefficient (Wildman–Crippen LogP) is 2.61. The van der Waals surface area contributed by atoms with E-state index in [0.717, 1.165) is 37.9 Å². The molecule has 2 unspecified atom stereocenters. The molecule has 0 aromatic heterocycles. The monoisotopic (exact) mass is 294 g/mol. The molecule has 1 aromatic carbocycles. The number of nitrogens with one attached hydrogen (secondary N) is 1. The third-order valence-corrected chi connectivity index (χ3v) is 6.60. The Labute approximate surface area is 121 Å². The van der Waals surface area contributed by atoms with E-state index >= 15 is 0 Å². The van der Waals surface area contributed by atoms with Crippen LogP contribution >= 0.6 is 0 Å². The summed E-state index contributed by atoms with van der Waals surface area (Å²) in [6.07, 6.45) is 3.99. The van der Waals surface area contributed by atoms with Gasteiger partial charge < -0.3 is 5.32 Å². The van der Waals surface area contributed by atoms with Gasteiger partial charge in [0.1, 0.15) is 0 Å². The van der Waals surface area contributed by atoms with Crippen molar-refractivity contribution in [2.24, 2.45) is 0 Å². The van der Waals surface area contributed by atoms with Crippen molar-refractivity contribution < 1.29 is 8.42 Å². The number of benzene rings is 1. The Morgan fingerprint density at radius 3 is 2.60 bits per heavy atom. The highest BCUT2D eigenvalue weighted by Gasteiger charge is 2.35. The summed E-state index contributed by atoms with van der Waals surface area (Å²) in [7, 11) is -3.39. The van der Waals surface area contributed by atoms with Crippen molar-refractivity contribution in [3.05, 3.63) is 23.8 Å². The van der Waals surface area contributed by atoms with Crippen LogP contribution in [0.3, 0.4) is 0 Å². The molecule has 2 aliphatic heterocycles. The second kappa shape index (κ2) is 5.04. The highest BCUT2D eigenvalue weighted by atomic mass is 32.2. The smallest absolute Gasteiger partial charge is 0.243 e. The van der Waals surface area contributed by atoms with Gasteiger partial charge in [-0.25, -0.2) is 8.42 Å². The molecular weight excluding hydrogens is 272 g/mol. The minimum atomic E-state index is -3.39. The Morgan fingerprint density at radius 1 is 1.20 bits per heavy atom. The predicted molar refractivity (Wildman–Crippen MR) is 80.4 cm³/mol. The molecule has 0 saturated carbocycles. The van der Waals surface area contributed by atoms with Crippen LogP contribution in [0.2, 0.25) is 0 Å². The average molecular weight is 294 g/mol. The van der Waals surface area contributed by atoms with Crippen LogP contribution in [0.1, 0.15) is 38.7 Å². The van der Waals surface area contributed by atoms with Crippen molar-refractivity contribution in [2.45, 2.75) is 56.5 Å². The Balaban J connectivity index is 1.99. The van der Waals surface area contributed by atoms with Gasteiger partial charge in [-0.05, 0) is 50.8 Å². The van der Waals surface area contributed by atoms with Crippen LogP contribution in [-0.2, 0) is 16.4 Å². The van der Waals surface area contributed by atoms with Gasteiger partial charge in [0, 0.05) is 24.3 Å². The zero-order valence-electron chi connectivity index (χ0n) is 12.1. The topological polar surface area (TPSA) is 49.4 Å². The van der Waals surface area contributed by atoms with Gasteiger partial charge in [0.25, 0.3) is 0 Å². The lowest BCUT2D eigenvalue weighted by Crippen LogP contribution is -2.47. The van der Waals surface area contributed by atoms with Crippen molar-refractivity contribution >= 4 is 15.7 Å². The van der Waals surface area contributed by atoms with Gasteiger partial charge in [-0.2, -0.15) is 4.31 Å². The maximum atomic E-state index is 12.9. The summed E-state index contributed by atoms with van der Waals surface area (Å²) in [5.74, 6) is 0. The van der Waals surface area contributed by atoms with Gasteiger partial charge in [0.05, 0.1) is 4.90 Å². The highest BCUT2D eigenvalue weighted by molar-refractivity contribution is 7.89. The number of hydrogen-bond acceptors (Lipinski definition) is 3. The standard InChI is InChI=1S/C15H22N2O2S/c1-11-4-3-5-12(2)17(11)20(18,19)14-7-6-13-8-9-16-15(13)10-14/h6-7,10-12,16H,3-5,8-9H2,1-2H3. The molecular formula is C15H22N2O2S. The van der Waals surface area contributed by atoms with Crippen LogP contribution < -0.4 is 5.32 Å². The molecule has 20 heavy (non-hydrogen) atoms. The van der Waals surface area contributed by atoms with E-state index in [1.165, 1.54) is 5.56 Å². The molecule has 5 heteroatoms. The van der Waals surface area contributed by atoms with Crippen molar-refractivity contribution in [2.75, 3.05) is 11.9 Å². The molecule has 4 nitrogen and oxygen atoms in total. The van der Waals surface area contributed by atoms with Crippen molar-refractivity contribution in [1.29, 1.82) is 0 Å². The Kier molecular flexibility index (Phi) is 3.50. The van der Waals surface area contributed by atoms with Gasteiger partial charge >= 0.3 is 0 Å². The van der Waals surface area contributed by atoms with E-state index in [4.69, 9.17) is 0 Å². The molecule has 0 amide bonds. The van der Waals surface area contributed by atoms with E-state index in [0.29, 0.717) is 4.90 Å². The molecule has 0 spiro atoms. The first-order chi connectivity index (χ1) is 9.50. The average Bonchev–Trinajstić information content (AvgIpc) is 2.85. The minimum Gasteiger partial charge on any atom is -0.384 e. The lowest BCUT2D eigenvalue weighted by Gasteiger charge is -2.37. The van der Waals surface area contributed by atoms with Crippen molar-refractivity contribution in [3.63, 3.8) is 0 Å². The molecule has 0 bridgehead atoms. The SMILES string of the molecule is CC1CCCC(C)N1S(=O)(=O)c1ccc2c(c1)NCC2. The summed E-state index contributed by atoms with van der Waals surface area (Å²) >= 11 is 0. The molecule has 110 valence electrons. The lowest BCUT2D eigenvalue weighted by atomic mass is 10.0. The molecule has 2 aliphatic rings. The number of anilines is 1. The summed E-state index contributed by atoms with van der Waals surface area (Å²) in [5.41, 5.74) is 2.19. The molecule has 1 fully saturated rings. The van der Waals surface area contributed by atoms with Crippen molar-refractivity contribution in [3.8, 4) is 0 Å². The number of fused-ring (bicyclic) bond motifs is 1. The van der Waals surface area contributed by atoms with Crippen LogP contribution in [0, 0.1) is 0 Å². The van der Waals surface area contributed by atoms with Gasteiger partial charge in [-0.1, -0.05) is 12.5 Å². The first-order valence-corrected chi connectivity index (χ1v) is 8.84. The largest absolute Gasteiger partial charge is 0.384 e. The first kappa shape index (κ1) is 13.9. The summed E-state index contributed by atoms with van der Waals surface area (Å²) in [6, 6.07) is 5.68. The molecule has 0 radical (unpaired) electrons. The number of sulfonamides is 1. The number of rotatable bonds is 2. The summed E-state index contributed by atoms with van der Waals surface area (Å²) in [4.78, 5) is 0.422. The van der Waals surface area contributed by atoms with Gasteiger partial charge in [0.15, 0.2) is 0 Å². The maximum absolute atomic E-state index is 12.9. The van der Waals surface area contributed by atoms with E-state index in [-0.39, 0.29) is 12.1 Å². The van der Waals surface area contributed by atoms with E-state index in [1.54, 1.807) is 16.4 Å². The minimum absolute atomic E-state index is 0.0879. The van der Waals surface area contributed by atoms with Crippen LogP contribution in [0.15, 0.2) is 23.1 Å². The molecule has 1 N–H and O–H groups in total. The third-order valence-electron chi connectivity index (χ3n) is 4.48. The summed E-state index contributed by atoms with van der Waals surface area (Å²) in [5, 5.41) is 3.25. The quantitative estimate of drug-likeness (QED) is 0.912. The summed E-state index contributed by atoms with van der Waals surface area (Å²) < 4.78 is 27.5. The van der Waals surface area contributed by atoms with Gasteiger partial charge in [-0.15, -0.1) is 0 Å². The fraction of sp³-hybridized carbons (Fsp3) is 0.600. The molecule has 1 saturated heterocycles. The molecule has 2 heterocycles. The highest BCUT2D eigenvalue weighted by Crippen LogP contribution is 2.32. The first-order valence-electron chi connectivity index (χ1n) is 7.40. The number of nitrogens with zero attached hydrogens (tertiary/aromatic N) is 1. The molecule has 3 rings (SSSR count). The van der Waals surface area contributed by atoms with Crippen LogP contribution in [0.4, 0.5) is 5.69 Å². The van der Waals surface area contributed by atoms with Crippen LogP contribution in [-0.4, -0.2) is 31.4 Å². The summed E-state index contributed by atoms with van der Waals surface area (Å²) in [6.45, 7) is 4.92. The molecule has 0 aliphatic carbocycles. The fourth-order valence-corrected chi connectivity index (χ4v) is 5.33. The fourth-order valence-electron chi connectivity index (χ4n) is 3.42. The molecule has 2 atom stereocenters. The second-order valence-corrected chi connectivity index (χ2v) is 7.80. The van der Waals surface area contributed by atoms with Gasteiger partial charge in [-0.3, -0.25) is 0 Å². The maximum Gasteiger partial charge on any atom is 0.243 e. The zero-order valence-corrected chi connectivity index (χ0v) is 12.9. The Morgan fingerprint density at radius 2 is 1.90 bits per heavy atom. The Bertz CT molecular complexity index is 602.